The number of nitrogens with zero attached hydrogens (tertiary/aromatic N) is 4. The molecule has 0 radical (unpaired) electrons. The molecule has 0 spiro atoms. The molecule has 0 atom stereocenters. The minimum absolute atomic E-state index is 0.225. The topological polar surface area (TPSA) is 61.4 Å². The van der Waals surface area contributed by atoms with Gasteiger partial charge < -0.3 is 15.1 Å². The summed E-state index contributed by atoms with van der Waals surface area (Å²) < 4.78 is 13.1. The minimum Gasteiger partial charge on any atom is -0.354 e. The van der Waals surface area contributed by atoms with Gasteiger partial charge in [-0.1, -0.05) is 44.7 Å². The minimum atomic E-state index is -0.334. The number of aromatic nitrogens is 2. The van der Waals surface area contributed by atoms with Crippen LogP contribution in [-0.2, 0) is 5.75 Å². The molecule has 0 saturated carbocycles. The fourth-order valence-corrected chi connectivity index (χ4v) is 4.70. The molecular weight excluding hydrogens is 461 g/mol. The zero-order valence-electron chi connectivity index (χ0n) is 20.5. The molecule has 1 aliphatic heterocycles. The van der Waals surface area contributed by atoms with Crippen LogP contribution in [0.15, 0.2) is 59.8 Å². The van der Waals surface area contributed by atoms with Gasteiger partial charge in [-0.3, -0.25) is 4.79 Å². The molecule has 0 bridgehead atoms. The van der Waals surface area contributed by atoms with Crippen LogP contribution >= 0.6 is 11.8 Å². The highest BCUT2D eigenvalue weighted by molar-refractivity contribution is 7.98. The number of carbonyl (C=O) groups excluding carboxylic acids is 1. The molecule has 6 nitrogen and oxygen atoms in total. The van der Waals surface area contributed by atoms with E-state index in [1.165, 1.54) is 12.1 Å². The van der Waals surface area contributed by atoms with Crippen LogP contribution in [0.2, 0.25) is 0 Å². The summed E-state index contributed by atoms with van der Waals surface area (Å²) >= 11 is 1.61. The fourth-order valence-electron chi connectivity index (χ4n) is 3.88. The first-order valence-electron chi connectivity index (χ1n) is 12.1. The Morgan fingerprint density at radius 3 is 2.34 bits per heavy atom. The normalized spacial score (nSPS) is 14.4. The summed E-state index contributed by atoms with van der Waals surface area (Å²) in [6, 6.07) is 15.4. The molecule has 2 aromatic carbocycles. The molecule has 0 aliphatic carbocycles. The van der Waals surface area contributed by atoms with Crippen molar-refractivity contribution >= 4 is 29.2 Å². The summed E-state index contributed by atoms with van der Waals surface area (Å²) in [6.07, 6.45) is 0. The van der Waals surface area contributed by atoms with Gasteiger partial charge in [-0.15, -0.1) is 0 Å². The van der Waals surface area contributed by atoms with Crippen molar-refractivity contribution in [3.8, 4) is 0 Å². The molecule has 184 valence electrons. The summed E-state index contributed by atoms with van der Waals surface area (Å²) in [7, 11) is 0. The Bertz CT molecular complexity index is 1130. The zero-order valence-corrected chi connectivity index (χ0v) is 21.3. The van der Waals surface area contributed by atoms with Crippen molar-refractivity contribution < 1.29 is 9.18 Å². The highest BCUT2D eigenvalue weighted by atomic mass is 32.2. The maximum absolute atomic E-state index is 13.1. The number of anilines is 2. The van der Waals surface area contributed by atoms with Gasteiger partial charge in [-0.25, -0.2) is 14.4 Å². The van der Waals surface area contributed by atoms with E-state index in [-0.39, 0.29) is 11.7 Å². The molecule has 1 aliphatic rings. The molecule has 1 amide bonds. The molecule has 8 heteroatoms. The number of hydrogen-bond acceptors (Lipinski definition) is 6. The Hall–Kier alpha value is -2.97. The smallest absolute Gasteiger partial charge is 0.255 e. The Kier molecular flexibility index (Phi) is 8.36. The maximum Gasteiger partial charge on any atom is 0.255 e. The number of rotatable bonds is 8. The number of carbonyl (C=O) groups is 1. The first-order valence-corrected chi connectivity index (χ1v) is 13.0. The van der Waals surface area contributed by atoms with Crippen molar-refractivity contribution in [2.75, 3.05) is 42.9 Å². The van der Waals surface area contributed by atoms with Crippen LogP contribution in [0.3, 0.4) is 0 Å². The van der Waals surface area contributed by atoms with Crippen LogP contribution < -0.4 is 10.2 Å². The predicted molar refractivity (Wildman–Crippen MR) is 141 cm³/mol. The van der Waals surface area contributed by atoms with Gasteiger partial charge >= 0.3 is 0 Å². The van der Waals surface area contributed by atoms with Crippen LogP contribution in [0, 0.1) is 5.82 Å². The highest BCUT2D eigenvalue weighted by Gasteiger charge is 2.19. The predicted octanol–water partition coefficient (Wildman–Crippen LogP) is 5.43. The van der Waals surface area contributed by atoms with Gasteiger partial charge in [0.15, 0.2) is 5.16 Å². The Balaban J connectivity index is 1.39. The second-order valence-corrected chi connectivity index (χ2v) is 9.90. The number of hydrogen-bond donors (Lipinski definition) is 1. The van der Waals surface area contributed by atoms with Crippen molar-refractivity contribution in [1.82, 2.24) is 14.9 Å². The number of likely N-dealkylation sites (N-methyl/N-ethyl adjacent to an activating group) is 1. The summed E-state index contributed by atoms with van der Waals surface area (Å²) in [5.41, 5.74) is 3.26. The van der Waals surface area contributed by atoms with Crippen molar-refractivity contribution in [3.63, 3.8) is 0 Å². The van der Waals surface area contributed by atoms with Gasteiger partial charge in [0.1, 0.15) is 11.6 Å². The van der Waals surface area contributed by atoms with Crippen LogP contribution in [0.5, 0.6) is 0 Å². The highest BCUT2D eigenvalue weighted by Crippen LogP contribution is 2.26. The molecule has 1 saturated heterocycles. The third kappa shape index (κ3) is 6.80. The molecule has 2 heterocycles. The molecule has 1 aromatic heterocycles. The number of halogens is 1. The molecule has 35 heavy (non-hydrogen) atoms. The van der Waals surface area contributed by atoms with E-state index in [2.05, 4.69) is 42.0 Å². The van der Waals surface area contributed by atoms with Crippen molar-refractivity contribution in [2.24, 2.45) is 0 Å². The van der Waals surface area contributed by atoms with Crippen molar-refractivity contribution in [1.29, 1.82) is 0 Å². The lowest BCUT2D eigenvalue weighted by Gasteiger charge is -2.35. The molecular formula is C27H32FN5OS. The van der Waals surface area contributed by atoms with Gasteiger partial charge in [0, 0.05) is 54.9 Å². The van der Waals surface area contributed by atoms with Crippen molar-refractivity contribution in [3.05, 3.63) is 77.2 Å². The number of nitrogens with one attached hydrogen (secondary N) is 1. The second kappa shape index (κ2) is 11.6. The summed E-state index contributed by atoms with van der Waals surface area (Å²) in [5.74, 6) is 1.49. The first kappa shape index (κ1) is 25.1. The van der Waals surface area contributed by atoms with E-state index in [1.54, 1.807) is 36.0 Å². The van der Waals surface area contributed by atoms with E-state index >= 15 is 0 Å². The van der Waals surface area contributed by atoms with Crippen LogP contribution in [0.1, 0.15) is 48.3 Å². The molecule has 1 N–H and O–H groups in total. The Morgan fingerprint density at radius 1 is 1.03 bits per heavy atom. The van der Waals surface area contributed by atoms with Crippen LogP contribution in [-0.4, -0.2) is 53.5 Å². The monoisotopic (exact) mass is 493 g/mol. The largest absolute Gasteiger partial charge is 0.354 e. The van der Waals surface area contributed by atoms with Crippen molar-refractivity contribution in [2.45, 2.75) is 37.6 Å². The second-order valence-electron chi connectivity index (χ2n) is 8.96. The Labute approximate surface area is 211 Å². The van der Waals surface area contributed by atoms with Gasteiger partial charge in [0.05, 0.1) is 0 Å². The summed E-state index contributed by atoms with van der Waals surface area (Å²) in [5, 5.41) is 3.56. The number of thioether (sulfide) groups is 1. The molecule has 0 unspecified atom stereocenters. The van der Waals surface area contributed by atoms with E-state index in [0.717, 1.165) is 55.0 Å². The molecule has 4 rings (SSSR count). The van der Waals surface area contributed by atoms with Gasteiger partial charge in [-0.05, 0) is 54.4 Å². The summed E-state index contributed by atoms with van der Waals surface area (Å²) in [4.78, 5) is 27.0. The zero-order chi connectivity index (χ0) is 24.8. The van der Waals surface area contributed by atoms with E-state index in [0.29, 0.717) is 22.9 Å². The first-order chi connectivity index (χ1) is 16.9. The van der Waals surface area contributed by atoms with Crippen LogP contribution in [0.4, 0.5) is 15.9 Å². The van der Waals surface area contributed by atoms with E-state index < -0.39 is 0 Å². The lowest BCUT2D eigenvalue weighted by molar-refractivity contribution is 0.102. The average molecular weight is 494 g/mol. The van der Waals surface area contributed by atoms with E-state index in [1.807, 2.05) is 12.1 Å². The van der Waals surface area contributed by atoms with Gasteiger partial charge in [0.25, 0.3) is 5.91 Å². The quantitative estimate of drug-likeness (QED) is 0.334. The van der Waals surface area contributed by atoms with E-state index in [9.17, 15) is 9.18 Å². The molecule has 3 aromatic rings. The van der Waals surface area contributed by atoms with Crippen LogP contribution in [0.25, 0.3) is 0 Å². The van der Waals surface area contributed by atoms with E-state index in [4.69, 9.17) is 9.97 Å². The molecule has 1 fully saturated rings. The number of benzene rings is 2. The van der Waals surface area contributed by atoms with Gasteiger partial charge in [-0.2, -0.15) is 0 Å². The fraction of sp³-hybridized carbons (Fsp3) is 0.370. The standard InChI is InChI=1S/C27H32FN5OS/c1-4-32-13-15-33(16-14-32)25-17-24(19(2)3)30-27(31-25)35-18-20-5-7-21(8-6-20)26(34)29-23-11-9-22(28)10-12-23/h5-12,17,19H,4,13-16,18H2,1-3H3,(H,29,34). The number of amides is 1. The third-order valence-electron chi connectivity index (χ3n) is 6.13. The summed E-state index contributed by atoms with van der Waals surface area (Å²) in [6.45, 7) is 11.7. The lowest BCUT2D eigenvalue weighted by atomic mass is 10.1. The third-order valence-corrected chi connectivity index (χ3v) is 7.05. The maximum atomic E-state index is 13.1. The SMILES string of the molecule is CCN1CCN(c2cc(C(C)C)nc(SCc3ccc(C(=O)Nc4ccc(F)cc4)cc3)n2)CC1. The van der Waals surface area contributed by atoms with Gasteiger partial charge in [0.2, 0.25) is 0 Å². The lowest BCUT2D eigenvalue weighted by Crippen LogP contribution is -2.46. The number of piperazine rings is 1. The Morgan fingerprint density at radius 2 is 1.71 bits per heavy atom. The average Bonchev–Trinajstić information content (AvgIpc) is 2.89.